The molecule has 0 aliphatic heterocycles. The number of fused-ring (bicyclic) bond motifs is 3. The number of hydrogen-bond acceptors (Lipinski definition) is 6. The maximum Gasteiger partial charge on any atom is 0.224 e. The van der Waals surface area contributed by atoms with Crippen LogP contribution in [0.3, 0.4) is 0 Å². The molecule has 4 aromatic heterocycles. The first-order chi connectivity index (χ1) is 16.3. The van der Waals surface area contributed by atoms with Gasteiger partial charge in [0.15, 0.2) is 0 Å². The number of pyridine rings is 3. The molecular weight excluding hydrogens is 430 g/mol. The highest BCUT2D eigenvalue weighted by Gasteiger charge is 2.12. The summed E-state index contributed by atoms with van der Waals surface area (Å²) in [7, 11) is 0. The van der Waals surface area contributed by atoms with Crippen molar-refractivity contribution in [3.8, 4) is 34.6 Å². The third-order valence-electron chi connectivity index (χ3n) is 5.17. The first-order valence-corrected chi connectivity index (χ1v) is 11.3. The SMILES string of the molecule is c1ccc(Oc2cccc(Oc3cccc(-c4cccc5c4sc4cnccc45)n3)n2)cc1. The Balaban J connectivity index is 1.32. The molecular formula is C27H17N3O2S. The summed E-state index contributed by atoms with van der Waals surface area (Å²) in [5.74, 6) is 2.06. The van der Waals surface area contributed by atoms with E-state index in [9.17, 15) is 0 Å². The second-order valence-corrected chi connectivity index (χ2v) is 8.40. The largest absolute Gasteiger partial charge is 0.439 e. The normalized spacial score (nSPS) is 11.0. The van der Waals surface area contributed by atoms with E-state index < -0.39 is 0 Å². The highest BCUT2D eigenvalue weighted by atomic mass is 32.1. The average molecular weight is 448 g/mol. The summed E-state index contributed by atoms with van der Waals surface area (Å²) in [4.78, 5) is 13.5. The maximum atomic E-state index is 5.98. The topological polar surface area (TPSA) is 57.1 Å². The van der Waals surface area contributed by atoms with Crippen LogP contribution in [-0.4, -0.2) is 15.0 Å². The predicted octanol–water partition coefficient (Wildman–Crippen LogP) is 7.49. The number of thiophene rings is 1. The van der Waals surface area contributed by atoms with Gasteiger partial charge in [-0.1, -0.05) is 48.5 Å². The molecule has 0 aliphatic carbocycles. The van der Waals surface area contributed by atoms with E-state index in [1.807, 2.05) is 67.0 Å². The standard InChI is InChI=1S/C27H17N3O2S/c1-2-7-18(8-3-1)31-25-13-6-14-26(30-25)32-24-12-5-11-22(29-24)21-10-4-9-20-19-15-16-28-17-23(19)33-27(20)21/h1-17H. The second kappa shape index (κ2) is 8.33. The highest BCUT2D eigenvalue weighted by molar-refractivity contribution is 7.26. The van der Waals surface area contributed by atoms with Crippen LogP contribution >= 0.6 is 11.3 Å². The third-order valence-corrected chi connectivity index (χ3v) is 6.36. The van der Waals surface area contributed by atoms with Crippen molar-refractivity contribution in [2.24, 2.45) is 0 Å². The number of benzene rings is 2. The van der Waals surface area contributed by atoms with Crippen molar-refractivity contribution in [2.75, 3.05) is 0 Å². The van der Waals surface area contributed by atoms with Crippen LogP contribution in [-0.2, 0) is 0 Å². The number of para-hydroxylation sites is 1. The van der Waals surface area contributed by atoms with E-state index in [1.54, 1.807) is 23.5 Å². The van der Waals surface area contributed by atoms with Crippen LogP contribution in [0.2, 0.25) is 0 Å². The lowest BCUT2D eigenvalue weighted by Gasteiger charge is -2.09. The summed E-state index contributed by atoms with van der Waals surface area (Å²) >= 11 is 1.72. The van der Waals surface area contributed by atoms with Gasteiger partial charge in [0.25, 0.3) is 0 Å². The summed E-state index contributed by atoms with van der Waals surface area (Å²) in [6.07, 6.45) is 3.74. The number of rotatable bonds is 5. The van der Waals surface area contributed by atoms with Crippen LogP contribution in [0.4, 0.5) is 0 Å². The van der Waals surface area contributed by atoms with Gasteiger partial charge >= 0.3 is 0 Å². The van der Waals surface area contributed by atoms with Crippen molar-refractivity contribution in [3.05, 3.63) is 103 Å². The van der Waals surface area contributed by atoms with Crippen molar-refractivity contribution in [2.45, 2.75) is 0 Å². The molecule has 158 valence electrons. The van der Waals surface area contributed by atoms with Crippen molar-refractivity contribution in [1.82, 2.24) is 15.0 Å². The van der Waals surface area contributed by atoms with Crippen LogP contribution in [0, 0.1) is 0 Å². The summed E-state index contributed by atoms with van der Waals surface area (Å²) in [6.45, 7) is 0. The third kappa shape index (κ3) is 3.88. The first-order valence-electron chi connectivity index (χ1n) is 10.4. The van der Waals surface area contributed by atoms with Crippen molar-refractivity contribution >= 4 is 31.5 Å². The lowest BCUT2D eigenvalue weighted by atomic mass is 10.1. The Morgan fingerprint density at radius 2 is 1.36 bits per heavy atom. The van der Waals surface area contributed by atoms with Gasteiger partial charge in [0.05, 0.1) is 10.4 Å². The lowest BCUT2D eigenvalue weighted by Crippen LogP contribution is -1.94. The fourth-order valence-electron chi connectivity index (χ4n) is 3.70. The Morgan fingerprint density at radius 1 is 0.606 bits per heavy atom. The van der Waals surface area contributed by atoms with Crippen molar-refractivity contribution in [3.63, 3.8) is 0 Å². The highest BCUT2D eigenvalue weighted by Crippen LogP contribution is 2.39. The van der Waals surface area contributed by atoms with Gasteiger partial charge in [-0.15, -0.1) is 11.3 Å². The summed E-state index contributed by atoms with van der Waals surface area (Å²) in [6, 6.07) is 29.1. The number of hydrogen-bond donors (Lipinski definition) is 0. The van der Waals surface area contributed by atoms with E-state index in [-0.39, 0.29) is 0 Å². The first kappa shape index (κ1) is 19.4. The Bertz CT molecular complexity index is 1580. The fraction of sp³-hybridized carbons (Fsp3) is 0. The van der Waals surface area contributed by atoms with Crippen molar-refractivity contribution in [1.29, 1.82) is 0 Å². The molecule has 0 fully saturated rings. The molecule has 0 saturated heterocycles. The Labute approximate surface area is 193 Å². The van der Waals surface area contributed by atoms with Gasteiger partial charge in [0.2, 0.25) is 17.6 Å². The lowest BCUT2D eigenvalue weighted by molar-refractivity contribution is 0.417. The van der Waals surface area contributed by atoms with E-state index in [2.05, 4.69) is 34.2 Å². The molecule has 0 N–H and O–H groups in total. The van der Waals surface area contributed by atoms with E-state index in [4.69, 9.17) is 14.5 Å². The van der Waals surface area contributed by atoms with E-state index in [1.165, 1.54) is 15.5 Å². The molecule has 2 aromatic carbocycles. The van der Waals surface area contributed by atoms with E-state index in [0.29, 0.717) is 23.4 Å². The van der Waals surface area contributed by atoms with Gasteiger partial charge in [-0.05, 0) is 24.3 Å². The quantitative estimate of drug-likeness (QED) is 0.274. The molecule has 4 heterocycles. The van der Waals surface area contributed by atoms with Gasteiger partial charge in [0, 0.05) is 51.6 Å². The zero-order valence-electron chi connectivity index (χ0n) is 17.4. The summed E-state index contributed by atoms with van der Waals surface area (Å²) in [5, 5.41) is 2.41. The van der Waals surface area contributed by atoms with Crippen LogP contribution in [0.5, 0.6) is 23.4 Å². The molecule has 6 heteroatoms. The summed E-state index contributed by atoms with van der Waals surface area (Å²) in [5.41, 5.74) is 1.91. The van der Waals surface area contributed by atoms with Gasteiger partial charge in [0.1, 0.15) is 5.75 Å². The smallest absolute Gasteiger partial charge is 0.224 e. The zero-order chi connectivity index (χ0) is 22.0. The van der Waals surface area contributed by atoms with Crippen LogP contribution in [0.1, 0.15) is 0 Å². The second-order valence-electron chi connectivity index (χ2n) is 7.35. The minimum atomic E-state index is 0.416. The molecule has 0 unspecified atom stereocenters. The molecule has 6 rings (SSSR count). The van der Waals surface area contributed by atoms with Gasteiger partial charge in [-0.2, -0.15) is 4.98 Å². The molecule has 0 atom stereocenters. The predicted molar refractivity (Wildman–Crippen MR) is 131 cm³/mol. The molecule has 0 aliphatic rings. The van der Waals surface area contributed by atoms with Gasteiger partial charge in [-0.25, -0.2) is 4.98 Å². The molecule has 0 saturated carbocycles. The zero-order valence-corrected chi connectivity index (χ0v) is 18.2. The van der Waals surface area contributed by atoms with Crippen LogP contribution < -0.4 is 9.47 Å². The number of aromatic nitrogens is 3. The van der Waals surface area contributed by atoms with Gasteiger partial charge < -0.3 is 9.47 Å². The molecule has 0 bridgehead atoms. The van der Waals surface area contributed by atoms with E-state index in [0.717, 1.165) is 16.0 Å². The average Bonchev–Trinajstić information content (AvgIpc) is 3.24. The summed E-state index contributed by atoms with van der Waals surface area (Å²) < 4.78 is 14.1. The minimum Gasteiger partial charge on any atom is -0.439 e. The van der Waals surface area contributed by atoms with Crippen LogP contribution in [0.15, 0.2) is 103 Å². The molecule has 33 heavy (non-hydrogen) atoms. The molecule has 5 nitrogen and oxygen atoms in total. The van der Waals surface area contributed by atoms with Gasteiger partial charge in [-0.3, -0.25) is 4.98 Å². The monoisotopic (exact) mass is 447 g/mol. The Morgan fingerprint density at radius 3 is 2.24 bits per heavy atom. The molecule has 0 spiro atoms. The molecule has 0 radical (unpaired) electrons. The Kier molecular flexibility index (Phi) is 4.90. The maximum absolute atomic E-state index is 5.98. The number of ether oxygens (including phenoxy) is 2. The minimum absolute atomic E-state index is 0.416. The van der Waals surface area contributed by atoms with Crippen molar-refractivity contribution < 1.29 is 9.47 Å². The van der Waals surface area contributed by atoms with E-state index >= 15 is 0 Å². The Hall–Kier alpha value is -4.29. The molecule has 0 amide bonds. The fourth-order valence-corrected chi connectivity index (χ4v) is 4.89. The molecule has 6 aromatic rings. The van der Waals surface area contributed by atoms with Crippen LogP contribution in [0.25, 0.3) is 31.4 Å². The number of nitrogens with zero attached hydrogens (tertiary/aromatic N) is 3.